The fourth-order valence-corrected chi connectivity index (χ4v) is 2.89. The molecule has 0 aliphatic carbocycles. The van der Waals surface area contributed by atoms with Gasteiger partial charge >= 0.3 is 0 Å². The summed E-state index contributed by atoms with van der Waals surface area (Å²) < 4.78 is 37.7. The molecule has 0 saturated heterocycles. The Bertz CT molecular complexity index is 958. The van der Waals surface area contributed by atoms with Gasteiger partial charge in [0.15, 0.2) is 0 Å². The molecule has 2 aromatic rings. The molecule has 5 N–H and O–H groups in total. The predicted octanol–water partition coefficient (Wildman–Crippen LogP) is 2.39. The van der Waals surface area contributed by atoms with Crippen LogP contribution in [0.2, 0.25) is 0 Å². The lowest BCUT2D eigenvalue weighted by Gasteiger charge is -2.06. The third-order valence-corrected chi connectivity index (χ3v) is 4.78. The molecule has 0 aliphatic heterocycles. The number of allylic oxidation sites excluding steroid dienone is 1. The fraction of sp³-hybridized carbons (Fsp3) is 0.118. The van der Waals surface area contributed by atoms with Gasteiger partial charge in [-0.15, -0.1) is 0 Å². The molecule has 138 valence electrons. The van der Waals surface area contributed by atoms with Crippen molar-refractivity contribution in [2.24, 2.45) is 15.9 Å². The van der Waals surface area contributed by atoms with E-state index in [9.17, 15) is 12.8 Å². The number of aliphatic imine (C=N–C) groups is 1. The first-order valence-electron chi connectivity index (χ1n) is 7.40. The lowest BCUT2D eigenvalue weighted by molar-refractivity contribution is 0.330. The first-order valence-corrected chi connectivity index (χ1v) is 9.74. The summed E-state index contributed by atoms with van der Waals surface area (Å²) in [5, 5.41) is 14.1. The van der Waals surface area contributed by atoms with E-state index < -0.39 is 15.8 Å². The smallest absolute Gasteiger partial charge is 0.238 e. The van der Waals surface area contributed by atoms with Gasteiger partial charge in [0.1, 0.15) is 5.82 Å². The lowest BCUT2D eigenvalue weighted by Crippen LogP contribution is -2.12. The van der Waals surface area contributed by atoms with Gasteiger partial charge in [-0.3, -0.25) is 0 Å². The van der Waals surface area contributed by atoms with Crippen molar-refractivity contribution < 1.29 is 17.9 Å². The maximum Gasteiger partial charge on any atom is 0.238 e. The highest BCUT2D eigenvalue weighted by Crippen LogP contribution is 2.22. The van der Waals surface area contributed by atoms with Gasteiger partial charge in [-0.25, -0.2) is 22.9 Å². The molecular weight excluding hydrogens is 425 g/mol. The number of nitrogens with two attached hydrogens (primary N) is 2. The van der Waals surface area contributed by atoms with Crippen LogP contribution in [0.25, 0.3) is 0 Å². The summed E-state index contributed by atoms with van der Waals surface area (Å²) in [5.41, 5.74) is 7.07. The lowest BCUT2D eigenvalue weighted by atomic mass is 10.1. The highest BCUT2D eigenvalue weighted by Gasteiger charge is 2.12. The number of sulfonamides is 1. The number of nitrogens with zero attached hydrogens (tertiary/aromatic N) is 1. The number of hydrogen-bond donors (Lipinski definition) is 3. The molecule has 0 bridgehead atoms. The summed E-state index contributed by atoms with van der Waals surface area (Å²) in [6, 6.07) is 10.6. The molecule has 2 aromatic carbocycles. The van der Waals surface area contributed by atoms with Gasteiger partial charge in [-0.1, -0.05) is 28.1 Å². The second-order valence-corrected chi connectivity index (χ2v) is 7.92. The van der Waals surface area contributed by atoms with Crippen molar-refractivity contribution in [3.8, 4) is 0 Å². The van der Waals surface area contributed by atoms with Crippen LogP contribution in [-0.2, 0) is 16.4 Å². The Hall–Kier alpha value is -2.07. The molecule has 0 radical (unpaired) electrons. The highest BCUT2D eigenvalue weighted by molar-refractivity contribution is 9.10. The molecule has 26 heavy (non-hydrogen) atoms. The molecule has 0 unspecified atom stereocenters. The maximum atomic E-state index is 14.2. The van der Waals surface area contributed by atoms with Crippen LogP contribution in [0.1, 0.15) is 5.56 Å². The molecule has 9 heteroatoms. The topological polar surface area (TPSA) is 119 Å². The van der Waals surface area contributed by atoms with Crippen LogP contribution in [0.3, 0.4) is 0 Å². The Labute approximate surface area is 159 Å². The highest BCUT2D eigenvalue weighted by atomic mass is 79.9. The van der Waals surface area contributed by atoms with Gasteiger partial charge in [-0.05, 0) is 42.0 Å². The first kappa shape index (κ1) is 20.2. The number of aliphatic hydroxyl groups is 1. The minimum atomic E-state index is -4.00. The van der Waals surface area contributed by atoms with Crippen LogP contribution in [-0.4, -0.2) is 25.8 Å². The standard InChI is InChI=1S/C17H17BrFN3O3S/c18-12-3-1-11(2-4-12)7-14(8-13(20)10-23)22-17-6-5-15(9-16(17)19)26(21,24)25/h1-6,8-9,23H,7,10,20H2,(H2,21,24,25). The molecule has 0 amide bonds. The third kappa shape index (κ3) is 5.73. The van der Waals surface area contributed by atoms with Crippen LogP contribution < -0.4 is 10.9 Å². The Morgan fingerprint density at radius 3 is 2.42 bits per heavy atom. The zero-order valence-corrected chi connectivity index (χ0v) is 16.0. The molecule has 0 saturated carbocycles. The van der Waals surface area contributed by atoms with Crippen molar-refractivity contribution >= 4 is 37.4 Å². The Kier molecular flexibility index (Phi) is 6.65. The summed E-state index contributed by atoms with van der Waals surface area (Å²) in [4.78, 5) is 3.87. The van der Waals surface area contributed by atoms with E-state index in [1.807, 2.05) is 24.3 Å². The van der Waals surface area contributed by atoms with Crippen LogP contribution >= 0.6 is 15.9 Å². The molecule has 0 aliphatic rings. The van der Waals surface area contributed by atoms with E-state index >= 15 is 0 Å². The minimum absolute atomic E-state index is 0.0634. The van der Waals surface area contributed by atoms with E-state index in [4.69, 9.17) is 16.0 Å². The van der Waals surface area contributed by atoms with E-state index in [0.29, 0.717) is 12.1 Å². The molecule has 0 spiro atoms. The van der Waals surface area contributed by atoms with Crippen LogP contribution in [0.4, 0.5) is 10.1 Å². The van der Waals surface area contributed by atoms with Gasteiger partial charge in [0.25, 0.3) is 0 Å². The van der Waals surface area contributed by atoms with Crippen molar-refractivity contribution in [3.05, 3.63) is 70.1 Å². The first-order chi connectivity index (χ1) is 12.2. The second-order valence-electron chi connectivity index (χ2n) is 5.44. The third-order valence-electron chi connectivity index (χ3n) is 3.34. The zero-order chi connectivity index (χ0) is 19.3. The van der Waals surface area contributed by atoms with Crippen molar-refractivity contribution in [1.29, 1.82) is 0 Å². The fourth-order valence-electron chi connectivity index (χ4n) is 2.10. The number of primary sulfonamides is 1. The molecule has 2 rings (SSSR count). The van der Waals surface area contributed by atoms with Crippen LogP contribution in [0.5, 0.6) is 0 Å². The van der Waals surface area contributed by atoms with E-state index in [-0.39, 0.29) is 22.9 Å². The van der Waals surface area contributed by atoms with E-state index in [1.165, 1.54) is 18.2 Å². The predicted molar refractivity (Wildman–Crippen MR) is 102 cm³/mol. The van der Waals surface area contributed by atoms with Gasteiger partial charge in [0.05, 0.1) is 17.2 Å². The van der Waals surface area contributed by atoms with Crippen molar-refractivity contribution in [2.75, 3.05) is 6.61 Å². The Morgan fingerprint density at radius 1 is 1.23 bits per heavy atom. The molecular formula is C17H17BrFN3O3S. The van der Waals surface area contributed by atoms with E-state index in [2.05, 4.69) is 20.9 Å². The van der Waals surface area contributed by atoms with Gasteiger partial charge in [-0.2, -0.15) is 0 Å². The van der Waals surface area contributed by atoms with Gasteiger partial charge in [0, 0.05) is 22.3 Å². The van der Waals surface area contributed by atoms with Crippen molar-refractivity contribution in [1.82, 2.24) is 0 Å². The number of halogens is 2. The van der Waals surface area contributed by atoms with Crippen LogP contribution in [0.15, 0.2) is 68.6 Å². The maximum absolute atomic E-state index is 14.2. The summed E-state index contributed by atoms with van der Waals surface area (Å²) in [5.74, 6) is -0.833. The Balaban J connectivity index is 2.43. The van der Waals surface area contributed by atoms with Gasteiger partial charge < -0.3 is 10.8 Å². The van der Waals surface area contributed by atoms with Crippen molar-refractivity contribution in [3.63, 3.8) is 0 Å². The molecule has 0 fully saturated rings. The van der Waals surface area contributed by atoms with E-state index in [0.717, 1.165) is 16.1 Å². The molecule has 6 nitrogen and oxygen atoms in total. The molecule has 0 atom stereocenters. The quantitative estimate of drug-likeness (QED) is 0.596. The number of benzene rings is 2. The average molecular weight is 442 g/mol. The van der Waals surface area contributed by atoms with Crippen molar-refractivity contribution in [2.45, 2.75) is 11.3 Å². The minimum Gasteiger partial charge on any atom is -0.400 e. The van der Waals surface area contributed by atoms with Gasteiger partial charge in [0.2, 0.25) is 10.0 Å². The monoisotopic (exact) mass is 441 g/mol. The number of hydrogen-bond acceptors (Lipinski definition) is 5. The second kappa shape index (κ2) is 8.54. The summed E-state index contributed by atoms with van der Waals surface area (Å²) >= 11 is 3.35. The largest absolute Gasteiger partial charge is 0.400 e. The summed E-state index contributed by atoms with van der Waals surface area (Å²) in [6.07, 6.45) is 1.79. The molecule has 0 heterocycles. The normalized spacial score (nSPS) is 13.1. The average Bonchev–Trinajstić information content (AvgIpc) is 2.57. The van der Waals surface area contributed by atoms with E-state index in [1.54, 1.807) is 0 Å². The zero-order valence-electron chi connectivity index (χ0n) is 13.6. The number of aliphatic hydroxyl groups excluding tert-OH is 1. The SMILES string of the molecule is NC(=CC(Cc1ccc(Br)cc1)=Nc1ccc(S(N)(=O)=O)cc1F)CO. The Morgan fingerprint density at radius 2 is 1.88 bits per heavy atom. The van der Waals surface area contributed by atoms with Crippen LogP contribution in [0, 0.1) is 5.82 Å². The number of rotatable bonds is 6. The summed E-state index contributed by atoms with van der Waals surface area (Å²) in [6.45, 7) is -0.369. The summed E-state index contributed by atoms with van der Waals surface area (Å²) in [7, 11) is -4.00. The molecule has 0 aromatic heterocycles.